The van der Waals surface area contributed by atoms with Gasteiger partial charge in [0.2, 0.25) is 10.0 Å². The number of aromatic carboxylic acids is 1. The van der Waals surface area contributed by atoms with Gasteiger partial charge in [0.05, 0.1) is 4.90 Å². The van der Waals surface area contributed by atoms with Crippen molar-refractivity contribution in [1.29, 1.82) is 0 Å². The normalized spacial score (nSPS) is 16.6. The van der Waals surface area contributed by atoms with E-state index in [1.54, 1.807) is 0 Å². The summed E-state index contributed by atoms with van der Waals surface area (Å²) in [6, 6.07) is 3.11. The van der Waals surface area contributed by atoms with Crippen molar-refractivity contribution >= 4 is 16.0 Å². The lowest BCUT2D eigenvalue weighted by Gasteiger charge is -2.17. The first-order valence-corrected chi connectivity index (χ1v) is 8.40. The van der Waals surface area contributed by atoms with Crippen LogP contribution >= 0.6 is 0 Å². The molecule has 0 heterocycles. The minimum atomic E-state index is -3.79. The maximum absolute atomic E-state index is 12.3. The van der Waals surface area contributed by atoms with Crippen molar-refractivity contribution in [2.75, 3.05) is 0 Å². The Morgan fingerprint density at radius 1 is 1.43 bits per heavy atom. The van der Waals surface area contributed by atoms with Crippen molar-refractivity contribution in [2.45, 2.75) is 43.5 Å². The van der Waals surface area contributed by atoms with Crippen molar-refractivity contribution in [2.24, 2.45) is 5.92 Å². The molecule has 1 saturated carbocycles. The molecule has 0 radical (unpaired) electrons. The second-order valence-electron chi connectivity index (χ2n) is 5.39. The van der Waals surface area contributed by atoms with Gasteiger partial charge >= 0.3 is 5.97 Å². The Hall–Kier alpha value is -1.60. The van der Waals surface area contributed by atoms with E-state index in [9.17, 15) is 18.3 Å². The van der Waals surface area contributed by atoms with Crippen LogP contribution in [0.25, 0.3) is 0 Å². The molecule has 1 aliphatic rings. The molecular formula is C14H19NO5S. The molecule has 0 saturated heterocycles. The Kier molecular flexibility index (Phi) is 4.53. The van der Waals surface area contributed by atoms with E-state index >= 15 is 0 Å². The van der Waals surface area contributed by atoms with Crippen LogP contribution < -0.4 is 4.72 Å². The summed E-state index contributed by atoms with van der Waals surface area (Å²) in [6.45, 7) is 1.91. The van der Waals surface area contributed by atoms with Gasteiger partial charge in [-0.15, -0.1) is 0 Å². The number of phenols is 1. The number of hydrogen-bond donors (Lipinski definition) is 3. The summed E-state index contributed by atoms with van der Waals surface area (Å²) in [4.78, 5) is 10.8. The van der Waals surface area contributed by atoms with Gasteiger partial charge in [0, 0.05) is 6.04 Å². The summed E-state index contributed by atoms with van der Waals surface area (Å²) >= 11 is 0. The van der Waals surface area contributed by atoms with Gasteiger partial charge in [0.15, 0.2) is 0 Å². The Labute approximate surface area is 123 Å². The first-order chi connectivity index (χ1) is 9.83. The van der Waals surface area contributed by atoms with E-state index < -0.39 is 27.3 Å². The maximum atomic E-state index is 12.3. The van der Waals surface area contributed by atoms with Crippen LogP contribution in [-0.4, -0.2) is 30.6 Å². The van der Waals surface area contributed by atoms with Gasteiger partial charge in [-0.25, -0.2) is 17.9 Å². The fourth-order valence-electron chi connectivity index (χ4n) is 2.20. The van der Waals surface area contributed by atoms with Crippen LogP contribution in [0.5, 0.6) is 5.75 Å². The smallest absolute Gasteiger partial charge is 0.339 e. The van der Waals surface area contributed by atoms with Crippen molar-refractivity contribution in [1.82, 2.24) is 4.72 Å². The van der Waals surface area contributed by atoms with Crippen molar-refractivity contribution < 1.29 is 23.4 Å². The van der Waals surface area contributed by atoms with E-state index in [4.69, 9.17) is 5.11 Å². The molecule has 3 N–H and O–H groups in total. The standard InChI is InChI=1S/C14H19NO5S/c1-2-10(7-9-3-4-9)15-21(19,20)11-5-6-13(16)12(8-11)14(17)18/h5-6,8-10,15-16H,2-4,7H2,1H3,(H,17,18). The lowest BCUT2D eigenvalue weighted by atomic mass is 10.1. The highest BCUT2D eigenvalue weighted by molar-refractivity contribution is 7.89. The maximum Gasteiger partial charge on any atom is 0.339 e. The van der Waals surface area contributed by atoms with Gasteiger partial charge in [-0.2, -0.15) is 0 Å². The molecule has 0 bridgehead atoms. The average molecular weight is 313 g/mol. The summed E-state index contributed by atoms with van der Waals surface area (Å²) < 4.78 is 27.2. The second kappa shape index (κ2) is 6.03. The molecule has 1 fully saturated rings. The number of sulfonamides is 1. The van der Waals surface area contributed by atoms with E-state index in [1.165, 1.54) is 6.07 Å². The zero-order valence-corrected chi connectivity index (χ0v) is 12.6. The lowest BCUT2D eigenvalue weighted by Crippen LogP contribution is -2.34. The Bertz CT molecular complexity index is 637. The van der Waals surface area contributed by atoms with E-state index in [0.29, 0.717) is 12.3 Å². The summed E-state index contributed by atoms with van der Waals surface area (Å²) in [5.74, 6) is -1.23. The molecule has 21 heavy (non-hydrogen) atoms. The van der Waals surface area contributed by atoms with Crippen LogP contribution in [0.3, 0.4) is 0 Å². The fourth-order valence-corrected chi connectivity index (χ4v) is 3.55. The summed E-state index contributed by atoms with van der Waals surface area (Å²) in [6.07, 6.45) is 3.76. The number of hydrogen-bond acceptors (Lipinski definition) is 4. The zero-order chi connectivity index (χ0) is 15.6. The SMILES string of the molecule is CCC(CC1CC1)NS(=O)(=O)c1ccc(O)c(C(=O)O)c1. The molecule has 6 nitrogen and oxygen atoms in total. The number of carboxylic acids is 1. The first kappa shape index (κ1) is 15.8. The number of carboxylic acid groups (broad SMARTS) is 1. The topological polar surface area (TPSA) is 104 Å². The minimum Gasteiger partial charge on any atom is -0.507 e. The lowest BCUT2D eigenvalue weighted by molar-refractivity contribution is 0.0693. The number of benzene rings is 1. The molecule has 2 rings (SSSR count). The Balaban J connectivity index is 2.21. The summed E-state index contributed by atoms with van der Waals surface area (Å²) in [7, 11) is -3.79. The van der Waals surface area contributed by atoms with Crippen molar-refractivity contribution in [3.8, 4) is 5.75 Å². The molecule has 1 aromatic carbocycles. The second-order valence-corrected chi connectivity index (χ2v) is 7.10. The molecule has 1 atom stereocenters. The molecule has 0 aliphatic heterocycles. The number of aromatic hydroxyl groups is 1. The molecule has 0 aromatic heterocycles. The summed E-state index contributed by atoms with van der Waals surface area (Å²) in [5, 5.41) is 18.4. The van der Waals surface area contributed by atoms with E-state index in [1.807, 2.05) is 6.92 Å². The zero-order valence-electron chi connectivity index (χ0n) is 11.7. The predicted molar refractivity (Wildman–Crippen MR) is 76.8 cm³/mol. The van der Waals surface area contributed by atoms with Crippen LogP contribution in [0.4, 0.5) is 0 Å². The average Bonchev–Trinajstić information content (AvgIpc) is 3.21. The molecule has 7 heteroatoms. The van der Waals surface area contributed by atoms with Gasteiger partial charge in [-0.3, -0.25) is 0 Å². The van der Waals surface area contributed by atoms with E-state index in [-0.39, 0.29) is 10.9 Å². The largest absolute Gasteiger partial charge is 0.507 e. The van der Waals surface area contributed by atoms with E-state index in [2.05, 4.69) is 4.72 Å². The fraction of sp³-hybridized carbons (Fsp3) is 0.500. The molecule has 0 spiro atoms. The molecule has 1 unspecified atom stereocenters. The summed E-state index contributed by atoms with van der Waals surface area (Å²) in [5.41, 5.74) is -0.423. The molecule has 1 aromatic rings. The van der Waals surface area contributed by atoms with Crippen LogP contribution in [0.2, 0.25) is 0 Å². The monoisotopic (exact) mass is 313 g/mol. The van der Waals surface area contributed by atoms with Crippen molar-refractivity contribution in [3.63, 3.8) is 0 Å². The van der Waals surface area contributed by atoms with Gasteiger partial charge in [-0.1, -0.05) is 19.8 Å². The molecular weight excluding hydrogens is 294 g/mol. The molecule has 0 amide bonds. The highest BCUT2D eigenvalue weighted by atomic mass is 32.2. The van der Waals surface area contributed by atoms with Gasteiger partial charge in [0.25, 0.3) is 0 Å². The third-order valence-corrected chi connectivity index (χ3v) is 5.16. The van der Waals surface area contributed by atoms with Gasteiger partial charge in [0.1, 0.15) is 11.3 Å². The number of carbonyl (C=O) groups is 1. The van der Waals surface area contributed by atoms with Gasteiger partial charge < -0.3 is 10.2 Å². The number of rotatable bonds is 7. The quantitative estimate of drug-likeness (QED) is 0.714. The van der Waals surface area contributed by atoms with Crippen LogP contribution in [0.15, 0.2) is 23.1 Å². The van der Waals surface area contributed by atoms with Gasteiger partial charge in [-0.05, 0) is 37.0 Å². The number of nitrogens with one attached hydrogen (secondary N) is 1. The van der Waals surface area contributed by atoms with Crippen molar-refractivity contribution in [3.05, 3.63) is 23.8 Å². The highest BCUT2D eigenvalue weighted by Gasteiger charge is 2.28. The highest BCUT2D eigenvalue weighted by Crippen LogP contribution is 2.34. The first-order valence-electron chi connectivity index (χ1n) is 6.92. The predicted octanol–water partition coefficient (Wildman–Crippen LogP) is 1.95. The van der Waals surface area contributed by atoms with Crippen LogP contribution in [0, 0.1) is 5.92 Å². The minimum absolute atomic E-state index is 0.146. The van der Waals surface area contributed by atoms with Crippen LogP contribution in [-0.2, 0) is 10.0 Å². The molecule has 116 valence electrons. The third-order valence-electron chi connectivity index (χ3n) is 3.64. The van der Waals surface area contributed by atoms with E-state index in [0.717, 1.165) is 31.4 Å². The molecule has 1 aliphatic carbocycles. The Morgan fingerprint density at radius 3 is 2.62 bits per heavy atom. The Morgan fingerprint density at radius 2 is 2.10 bits per heavy atom. The van der Waals surface area contributed by atoms with Crippen LogP contribution in [0.1, 0.15) is 43.0 Å². The third kappa shape index (κ3) is 3.95.